The highest BCUT2D eigenvalue weighted by Gasteiger charge is 2.28. The molecule has 0 saturated carbocycles. The van der Waals surface area contributed by atoms with Gasteiger partial charge in [0.25, 0.3) is 11.6 Å². The molecule has 1 amide bonds. The third-order valence-corrected chi connectivity index (χ3v) is 5.50. The second kappa shape index (κ2) is 11.2. The molecule has 1 heterocycles. The van der Waals surface area contributed by atoms with Crippen molar-refractivity contribution in [2.24, 2.45) is 0 Å². The number of para-hydroxylation sites is 1. The van der Waals surface area contributed by atoms with Gasteiger partial charge >= 0.3 is 17.9 Å². The number of nitrogens with one attached hydrogen (secondary N) is 1. The maximum absolute atomic E-state index is 12.4. The van der Waals surface area contributed by atoms with Crippen LogP contribution in [0.5, 0.6) is 0 Å². The van der Waals surface area contributed by atoms with Gasteiger partial charge in [-0.2, -0.15) is 0 Å². The van der Waals surface area contributed by atoms with Crippen molar-refractivity contribution in [3.63, 3.8) is 0 Å². The zero-order chi connectivity index (χ0) is 24.7. The molecule has 0 fully saturated rings. The van der Waals surface area contributed by atoms with Crippen LogP contribution in [0.1, 0.15) is 55.4 Å². The summed E-state index contributed by atoms with van der Waals surface area (Å²) < 4.78 is 14.9. The Bertz CT molecular complexity index is 1110. The Labute approximate surface area is 192 Å². The summed E-state index contributed by atoms with van der Waals surface area (Å²) in [6, 6.07) is 4.15. The minimum Gasteiger partial charge on any atom is -0.462 e. The van der Waals surface area contributed by atoms with E-state index in [1.807, 2.05) is 0 Å². The van der Waals surface area contributed by atoms with Crippen molar-refractivity contribution in [2.75, 3.05) is 25.1 Å². The lowest BCUT2D eigenvalue weighted by atomic mass is 10.1. The summed E-state index contributed by atoms with van der Waals surface area (Å²) in [6.07, 6.45) is 0. The molecule has 2 rings (SSSR count). The first-order chi connectivity index (χ1) is 15.6. The van der Waals surface area contributed by atoms with E-state index in [0.29, 0.717) is 0 Å². The smallest absolute Gasteiger partial charge is 0.348 e. The molecule has 176 valence electrons. The Morgan fingerprint density at radius 2 is 1.64 bits per heavy atom. The average molecular weight is 478 g/mol. The molecule has 1 aromatic carbocycles. The van der Waals surface area contributed by atoms with Crippen LogP contribution in [0.15, 0.2) is 18.2 Å². The van der Waals surface area contributed by atoms with E-state index in [9.17, 15) is 29.3 Å². The lowest BCUT2D eigenvalue weighted by molar-refractivity contribution is -0.385. The number of aryl methyl sites for hydroxylation is 1. The van der Waals surface area contributed by atoms with Crippen molar-refractivity contribution < 1.29 is 38.3 Å². The number of thiophene rings is 1. The van der Waals surface area contributed by atoms with Crippen LogP contribution in [0.25, 0.3) is 0 Å². The summed E-state index contributed by atoms with van der Waals surface area (Å²) in [5.74, 6) is -3.28. The molecule has 0 saturated heterocycles. The van der Waals surface area contributed by atoms with Gasteiger partial charge < -0.3 is 19.5 Å². The molecule has 0 spiro atoms. The predicted octanol–water partition coefficient (Wildman–Crippen LogP) is 3.42. The third kappa shape index (κ3) is 5.92. The van der Waals surface area contributed by atoms with Crippen molar-refractivity contribution in [3.05, 3.63) is 55.4 Å². The number of benzene rings is 1. The Balaban J connectivity index is 2.21. The molecule has 0 aliphatic carbocycles. The fourth-order valence-corrected chi connectivity index (χ4v) is 3.98. The molecule has 12 heteroatoms. The van der Waals surface area contributed by atoms with Gasteiger partial charge in [0.05, 0.1) is 23.7 Å². The summed E-state index contributed by atoms with van der Waals surface area (Å²) in [5, 5.41) is 13.7. The first-order valence-corrected chi connectivity index (χ1v) is 10.6. The van der Waals surface area contributed by atoms with Gasteiger partial charge in [-0.25, -0.2) is 14.4 Å². The number of nitrogens with zero attached hydrogens (tertiary/aromatic N) is 1. The number of esters is 3. The molecule has 1 N–H and O–H groups in total. The number of nitro benzene ring substituents is 1. The van der Waals surface area contributed by atoms with Gasteiger partial charge in [0.1, 0.15) is 15.4 Å². The number of ether oxygens (including phenoxy) is 3. The molecule has 0 atom stereocenters. The molecule has 0 aliphatic heterocycles. The standard InChI is InChI=1S/C21H22N2O9S/c1-5-30-20(26)15-12(4)17(21(27)31-6-2)33-18(15)22-14(24)10-32-19(25)13-9-7-8-11(3)16(13)23(28)29/h7-9H,5-6,10H2,1-4H3,(H,22,24). The van der Waals surface area contributed by atoms with Crippen LogP contribution in [0.3, 0.4) is 0 Å². The van der Waals surface area contributed by atoms with Gasteiger partial charge in [-0.05, 0) is 39.3 Å². The summed E-state index contributed by atoms with van der Waals surface area (Å²) in [6.45, 7) is 5.63. The minimum atomic E-state index is -1.05. The lowest BCUT2D eigenvalue weighted by Gasteiger charge is -2.08. The monoisotopic (exact) mass is 478 g/mol. The summed E-state index contributed by atoms with van der Waals surface area (Å²) in [4.78, 5) is 59.9. The molecule has 0 bridgehead atoms. The molecular weight excluding hydrogens is 456 g/mol. The highest BCUT2D eigenvalue weighted by atomic mass is 32.1. The molecule has 1 aromatic heterocycles. The maximum atomic E-state index is 12.4. The Morgan fingerprint density at radius 3 is 2.24 bits per heavy atom. The fourth-order valence-electron chi connectivity index (χ4n) is 2.88. The first-order valence-electron chi connectivity index (χ1n) is 9.80. The number of anilines is 1. The SMILES string of the molecule is CCOC(=O)c1sc(NC(=O)COC(=O)c2cccc(C)c2[N+](=O)[O-])c(C(=O)OCC)c1C. The number of carbonyl (C=O) groups excluding carboxylic acids is 4. The van der Waals surface area contributed by atoms with Crippen molar-refractivity contribution in [2.45, 2.75) is 27.7 Å². The third-order valence-electron chi connectivity index (χ3n) is 4.31. The highest BCUT2D eigenvalue weighted by Crippen LogP contribution is 2.34. The summed E-state index contributed by atoms with van der Waals surface area (Å²) >= 11 is 0.819. The topological polar surface area (TPSA) is 151 Å². The number of hydrogen-bond acceptors (Lipinski definition) is 10. The Morgan fingerprint density at radius 1 is 1.00 bits per heavy atom. The van der Waals surface area contributed by atoms with Crippen LogP contribution < -0.4 is 5.32 Å². The summed E-state index contributed by atoms with van der Waals surface area (Å²) in [5.41, 5.74) is -0.186. The van der Waals surface area contributed by atoms with E-state index < -0.39 is 41.0 Å². The van der Waals surface area contributed by atoms with Gasteiger partial charge in [-0.3, -0.25) is 14.9 Å². The number of hydrogen-bond donors (Lipinski definition) is 1. The Hall–Kier alpha value is -3.80. The molecule has 11 nitrogen and oxygen atoms in total. The zero-order valence-corrected chi connectivity index (χ0v) is 19.2. The average Bonchev–Trinajstić information content (AvgIpc) is 3.07. The molecule has 0 radical (unpaired) electrons. The van der Waals surface area contributed by atoms with Crippen molar-refractivity contribution in [3.8, 4) is 0 Å². The van der Waals surface area contributed by atoms with E-state index in [1.165, 1.54) is 32.0 Å². The Kier molecular flexibility index (Phi) is 8.63. The number of nitro groups is 1. The van der Waals surface area contributed by atoms with E-state index >= 15 is 0 Å². The maximum Gasteiger partial charge on any atom is 0.348 e. The van der Waals surface area contributed by atoms with Crippen molar-refractivity contribution in [1.29, 1.82) is 0 Å². The van der Waals surface area contributed by atoms with Crippen LogP contribution in [0.4, 0.5) is 10.7 Å². The van der Waals surface area contributed by atoms with E-state index in [4.69, 9.17) is 14.2 Å². The second-order valence-electron chi connectivity index (χ2n) is 6.55. The molecular formula is C21H22N2O9S. The van der Waals surface area contributed by atoms with Gasteiger partial charge in [0.15, 0.2) is 6.61 Å². The van der Waals surface area contributed by atoms with Gasteiger partial charge in [0, 0.05) is 5.56 Å². The van der Waals surface area contributed by atoms with E-state index in [2.05, 4.69) is 5.32 Å². The van der Waals surface area contributed by atoms with Gasteiger partial charge in [-0.15, -0.1) is 11.3 Å². The van der Waals surface area contributed by atoms with E-state index in [-0.39, 0.29) is 45.3 Å². The fraction of sp³-hybridized carbons (Fsp3) is 0.333. The van der Waals surface area contributed by atoms with Crippen LogP contribution in [-0.4, -0.2) is 48.6 Å². The number of rotatable bonds is 9. The lowest BCUT2D eigenvalue weighted by Crippen LogP contribution is -2.22. The minimum absolute atomic E-state index is 0.0149. The quantitative estimate of drug-likeness (QED) is 0.247. The predicted molar refractivity (Wildman–Crippen MR) is 118 cm³/mol. The van der Waals surface area contributed by atoms with Crippen molar-refractivity contribution >= 4 is 45.8 Å². The van der Waals surface area contributed by atoms with Crippen molar-refractivity contribution in [1.82, 2.24) is 0 Å². The van der Waals surface area contributed by atoms with E-state index in [1.54, 1.807) is 13.8 Å². The van der Waals surface area contributed by atoms with Gasteiger partial charge in [0.2, 0.25) is 0 Å². The molecule has 2 aromatic rings. The second-order valence-corrected chi connectivity index (χ2v) is 7.57. The normalized spacial score (nSPS) is 10.3. The van der Waals surface area contributed by atoms with Crippen LogP contribution in [0, 0.1) is 24.0 Å². The first kappa shape index (κ1) is 25.5. The zero-order valence-electron chi connectivity index (χ0n) is 18.4. The van der Waals surface area contributed by atoms with Crippen LogP contribution >= 0.6 is 11.3 Å². The summed E-state index contributed by atoms with van der Waals surface area (Å²) in [7, 11) is 0. The van der Waals surface area contributed by atoms with Crippen LogP contribution in [0.2, 0.25) is 0 Å². The molecule has 0 unspecified atom stereocenters. The van der Waals surface area contributed by atoms with Gasteiger partial charge in [-0.1, -0.05) is 12.1 Å². The largest absolute Gasteiger partial charge is 0.462 e. The number of carbonyl (C=O) groups is 4. The molecule has 33 heavy (non-hydrogen) atoms. The van der Waals surface area contributed by atoms with E-state index in [0.717, 1.165) is 11.3 Å². The number of amides is 1. The molecule has 0 aliphatic rings. The highest BCUT2D eigenvalue weighted by molar-refractivity contribution is 7.18. The van der Waals surface area contributed by atoms with Crippen LogP contribution in [-0.2, 0) is 19.0 Å².